The van der Waals surface area contributed by atoms with Crippen molar-refractivity contribution < 1.29 is 0 Å². The van der Waals surface area contributed by atoms with Crippen molar-refractivity contribution in [1.29, 1.82) is 0 Å². The Balaban J connectivity index is 1.64. The molecule has 0 aliphatic carbocycles. The molecule has 0 saturated carbocycles. The van der Waals surface area contributed by atoms with E-state index in [2.05, 4.69) is 52.1 Å². The Morgan fingerprint density at radius 3 is 2.71 bits per heavy atom. The van der Waals surface area contributed by atoms with E-state index in [9.17, 15) is 0 Å². The number of hydrogen-bond donors (Lipinski definition) is 1. The first-order valence-corrected chi connectivity index (χ1v) is 9.88. The number of imidazole rings is 1. The lowest BCUT2D eigenvalue weighted by Crippen LogP contribution is -2.27. The van der Waals surface area contributed by atoms with Gasteiger partial charge in [0, 0.05) is 6.54 Å². The zero-order valence-electron chi connectivity index (χ0n) is 15.8. The summed E-state index contributed by atoms with van der Waals surface area (Å²) in [7, 11) is 0. The smallest absolute Gasteiger partial charge is 0.130 e. The largest absolute Gasteiger partial charge is 0.359 e. The summed E-state index contributed by atoms with van der Waals surface area (Å²) in [5, 5.41) is 9.37. The van der Waals surface area contributed by atoms with Gasteiger partial charge in [-0.1, -0.05) is 30.7 Å². The SMILES string of the molecule is Cc1ccc(-n2nccn2)c(N2CC[C@H](C)[C@H]2c2nc3c(Cl)cccc3[nH]2)c1. The van der Waals surface area contributed by atoms with Crippen LogP contribution in [0.2, 0.25) is 5.02 Å². The van der Waals surface area contributed by atoms with Crippen molar-refractivity contribution in [2.45, 2.75) is 26.3 Å². The van der Waals surface area contributed by atoms with E-state index < -0.39 is 0 Å². The predicted octanol–water partition coefficient (Wildman–Crippen LogP) is 4.69. The van der Waals surface area contributed by atoms with Gasteiger partial charge in [-0.25, -0.2) is 4.98 Å². The number of anilines is 1. The molecule has 0 spiro atoms. The fourth-order valence-corrected chi connectivity index (χ4v) is 4.38. The minimum atomic E-state index is 0.138. The molecule has 2 aromatic carbocycles. The molecule has 1 N–H and O–H groups in total. The van der Waals surface area contributed by atoms with Gasteiger partial charge in [-0.2, -0.15) is 10.2 Å². The Hall–Kier alpha value is -2.86. The van der Waals surface area contributed by atoms with Crippen LogP contribution in [0.4, 0.5) is 5.69 Å². The number of benzene rings is 2. The molecule has 2 atom stereocenters. The van der Waals surface area contributed by atoms with E-state index in [0.29, 0.717) is 10.9 Å². The van der Waals surface area contributed by atoms with E-state index in [4.69, 9.17) is 16.6 Å². The molecule has 4 aromatic rings. The summed E-state index contributed by atoms with van der Waals surface area (Å²) in [5.41, 5.74) is 5.11. The first-order chi connectivity index (χ1) is 13.6. The van der Waals surface area contributed by atoms with Gasteiger partial charge < -0.3 is 9.88 Å². The number of halogens is 1. The number of nitrogens with one attached hydrogen (secondary N) is 1. The van der Waals surface area contributed by atoms with E-state index >= 15 is 0 Å². The van der Waals surface area contributed by atoms with Crippen LogP contribution in [0.5, 0.6) is 0 Å². The zero-order valence-corrected chi connectivity index (χ0v) is 16.6. The number of rotatable bonds is 3. The average Bonchev–Trinajstić information content (AvgIpc) is 3.41. The second kappa shape index (κ2) is 6.63. The lowest BCUT2D eigenvalue weighted by molar-refractivity contribution is 0.513. The second-order valence-corrected chi connectivity index (χ2v) is 7.88. The van der Waals surface area contributed by atoms with Gasteiger partial charge in [-0.15, -0.1) is 4.80 Å². The van der Waals surface area contributed by atoms with Crippen LogP contribution in [0, 0.1) is 12.8 Å². The molecule has 3 heterocycles. The van der Waals surface area contributed by atoms with Crippen LogP contribution in [0.3, 0.4) is 0 Å². The summed E-state index contributed by atoms with van der Waals surface area (Å²) in [6.45, 7) is 5.34. The van der Waals surface area contributed by atoms with Crippen molar-refractivity contribution in [3.8, 4) is 5.69 Å². The Bertz CT molecular complexity index is 1130. The third-order valence-electron chi connectivity index (χ3n) is 5.54. The van der Waals surface area contributed by atoms with Crippen LogP contribution in [-0.4, -0.2) is 31.5 Å². The molecular formula is C21H21ClN6. The Morgan fingerprint density at radius 1 is 1.11 bits per heavy atom. The van der Waals surface area contributed by atoms with Gasteiger partial charge in [-0.05, 0) is 49.1 Å². The van der Waals surface area contributed by atoms with Gasteiger partial charge in [0.1, 0.15) is 17.0 Å². The number of fused-ring (bicyclic) bond motifs is 1. The van der Waals surface area contributed by atoms with E-state index in [1.54, 1.807) is 17.2 Å². The van der Waals surface area contributed by atoms with Crippen LogP contribution in [0.25, 0.3) is 16.7 Å². The Morgan fingerprint density at radius 2 is 1.93 bits per heavy atom. The standard InChI is InChI=1S/C21H21ClN6/c1-13-6-7-17(28-23-9-10-24-28)18(12-13)27-11-8-14(2)20(27)21-25-16-5-3-4-15(22)19(16)26-21/h3-7,9-10,12,14,20H,8,11H2,1-2H3,(H,25,26)/t14-,20-/m0/s1. The Labute approximate surface area is 168 Å². The molecule has 7 heteroatoms. The number of hydrogen-bond acceptors (Lipinski definition) is 4. The number of aryl methyl sites for hydroxylation is 1. The van der Waals surface area contributed by atoms with Crippen LogP contribution in [-0.2, 0) is 0 Å². The highest BCUT2D eigenvalue weighted by Gasteiger charge is 2.36. The van der Waals surface area contributed by atoms with Gasteiger partial charge in [0.05, 0.1) is 34.7 Å². The van der Waals surface area contributed by atoms with Gasteiger partial charge in [0.2, 0.25) is 0 Å². The van der Waals surface area contributed by atoms with Gasteiger partial charge in [0.25, 0.3) is 0 Å². The quantitative estimate of drug-likeness (QED) is 0.549. The van der Waals surface area contributed by atoms with Gasteiger partial charge in [0.15, 0.2) is 0 Å². The van der Waals surface area contributed by atoms with Crippen LogP contribution >= 0.6 is 11.6 Å². The third-order valence-corrected chi connectivity index (χ3v) is 5.84. The van der Waals surface area contributed by atoms with Crippen molar-refractivity contribution in [3.63, 3.8) is 0 Å². The molecule has 0 amide bonds. The highest BCUT2D eigenvalue weighted by atomic mass is 35.5. The second-order valence-electron chi connectivity index (χ2n) is 7.47. The molecular weight excluding hydrogens is 372 g/mol. The summed E-state index contributed by atoms with van der Waals surface area (Å²) in [4.78, 5) is 12.5. The fraction of sp³-hybridized carbons (Fsp3) is 0.286. The molecule has 142 valence electrons. The van der Waals surface area contributed by atoms with E-state index in [1.165, 1.54) is 5.56 Å². The topological polar surface area (TPSA) is 62.6 Å². The van der Waals surface area contributed by atoms with E-state index in [0.717, 1.165) is 41.2 Å². The lowest BCUT2D eigenvalue weighted by atomic mass is 10.0. The molecule has 28 heavy (non-hydrogen) atoms. The maximum Gasteiger partial charge on any atom is 0.130 e. The minimum Gasteiger partial charge on any atom is -0.359 e. The highest BCUT2D eigenvalue weighted by molar-refractivity contribution is 6.34. The molecule has 1 fully saturated rings. The van der Waals surface area contributed by atoms with Crippen LogP contribution in [0.1, 0.15) is 30.8 Å². The van der Waals surface area contributed by atoms with Crippen LogP contribution < -0.4 is 4.90 Å². The van der Waals surface area contributed by atoms with E-state index in [-0.39, 0.29) is 6.04 Å². The van der Waals surface area contributed by atoms with Crippen LogP contribution in [0.15, 0.2) is 48.8 Å². The normalized spacial score (nSPS) is 19.6. The maximum absolute atomic E-state index is 6.36. The molecule has 1 aliphatic heterocycles. The van der Waals surface area contributed by atoms with Crippen molar-refractivity contribution in [2.75, 3.05) is 11.4 Å². The first-order valence-electron chi connectivity index (χ1n) is 9.50. The van der Waals surface area contributed by atoms with Crippen molar-refractivity contribution >= 4 is 28.3 Å². The lowest BCUT2D eigenvalue weighted by Gasteiger charge is -2.29. The molecule has 0 unspecified atom stereocenters. The summed E-state index contributed by atoms with van der Waals surface area (Å²) in [6, 6.07) is 12.4. The monoisotopic (exact) mass is 392 g/mol. The fourth-order valence-electron chi connectivity index (χ4n) is 4.16. The summed E-state index contributed by atoms with van der Waals surface area (Å²) < 4.78 is 0. The summed E-state index contributed by atoms with van der Waals surface area (Å²) in [5.74, 6) is 1.41. The Kier molecular flexibility index (Phi) is 4.09. The molecule has 0 radical (unpaired) electrons. The molecule has 0 bridgehead atoms. The summed E-state index contributed by atoms with van der Waals surface area (Å²) in [6.07, 6.45) is 4.50. The average molecular weight is 393 g/mol. The van der Waals surface area contributed by atoms with E-state index in [1.807, 2.05) is 18.2 Å². The minimum absolute atomic E-state index is 0.138. The number of H-pyrrole nitrogens is 1. The summed E-state index contributed by atoms with van der Waals surface area (Å²) >= 11 is 6.36. The van der Waals surface area contributed by atoms with Crippen molar-refractivity contribution in [1.82, 2.24) is 25.0 Å². The van der Waals surface area contributed by atoms with Crippen molar-refractivity contribution in [3.05, 3.63) is 65.2 Å². The molecule has 1 saturated heterocycles. The number of para-hydroxylation sites is 1. The zero-order chi connectivity index (χ0) is 19.3. The number of nitrogens with zero attached hydrogens (tertiary/aromatic N) is 5. The highest BCUT2D eigenvalue weighted by Crippen LogP contribution is 2.42. The van der Waals surface area contributed by atoms with Gasteiger partial charge >= 0.3 is 0 Å². The van der Waals surface area contributed by atoms with Crippen molar-refractivity contribution in [2.24, 2.45) is 5.92 Å². The van der Waals surface area contributed by atoms with Gasteiger partial charge in [-0.3, -0.25) is 0 Å². The maximum atomic E-state index is 6.36. The number of aromatic nitrogens is 5. The predicted molar refractivity (Wildman–Crippen MR) is 111 cm³/mol. The molecule has 2 aromatic heterocycles. The third kappa shape index (κ3) is 2.76. The molecule has 5 rings (SSSR count). The first kappa shape index (κ1) is 17.3. The molecule has 6 nitrogen and oxygen atoms in total. The molecule has 1 aliphatic rings. The number of aromatic amines is 1.